The molecule has 1 unspecified atom stereocenters. The van der Waals surface area contributed by atoms with Crippen molar-refractivity contribution in [1.82, 2.24) is 4.90 Å². The number of β-amino-alcohol motifs (C(OH)–C–C–N with tert-alkyl or cyclic N) is 1. The Morgan fingerprint density at radius 1 is 1.39 bits per heavy atom. The van der Waals surface area contributed by atoms with Crippen molar-refractivity contribution in [3.8, 4) is 0 Å². The maximum absolute atomic E-state index is 9.97. The number of aliphatic hydroxyl groups excluding tert-OH is 1. The smallest absolute Gasteiger partial charge is 0.0839 e. The van der Waals surface area contributed by atoms with Crippen LogP contribution in [0, 0.1) is 0 Å². The number of likely N-dealkylation sites (tertiary alicyclic amines) is 1. The van der Waals surface area contributed by atoms with Gasteiger partial charge in [-0.25, -0.2) is 0 Å². The lowest BCUT2D eigenvalue weighted by Gasteiger charge is -2.20. The highest BCUT2D eigenvalue weighted by atomic mass is 79.9. The molecule has 3 nitrogen and oxygen atoms in total. The minimum atomic E-state index is -0.342. The zero-order valence-corrected chi connectivity index (χ0v) is 12.5. The number of benzene rings is 1. The molecule has 0 aromatic heterocycles. The molecular formula is C13H18BrClN2O. The minimum Gasteiger partial charge on any atom is -0.390 e. The normalized spacial score (nSPS) is 17.9. The van der Waals surface area contributed by atoms with Crippen molar-refractivity contribution >= 4 is 33.2 Å². The first-order chi connectivity index (χ1) is 8.65. The van der Waals surface area contributed by atoms with E-state index in [9.17, 15) is 5.11 Å². The van der Waals surface area contributed by atoms with E-state index in [2.05, 4.69) is 26.1 Å². The van der Waals surface area contributed by atoms with Crippen molar-refractivity contribution in [2.24, 2.45) is 0 Å². The Morgan fingerprint density at radius 2 is 2.11 bits per heavy atom. The van der Waals surface area contributed by atoms with Crippen LogP contribution in [0.5, 0.6) is 0 Å². The van der Waals surface area contributed by atoms with Gasteiger partial charge in [0.15, 0.2) is 0 Å². The third-order valence-corrected chi connectivity index (χ3v) is 4.02. The van der Waals surface area contributed by atoms with Crippen LogP contribution in [0.4, 0.5) is 5.69 Å². The predicted octanol–water partition coefficient (Wildman–Crippen LogP) is 2.97. The van der Waals surface area contributed by atoms with Crippen molar-refractivity contribution < 1.29 is 5.11 Å². The van der Waals surface area contributed by atoms with E-state index in [0.717, 1.165) is 29.8 Å². The summed E-state index contributed by atoms with van der Waals surface area (Å²) >= 11 is 9.33. The number of halogens is 2. The summed E-state index contributed by atoms with van der Waals surface area (Å²) in [6.07, 6.45) is 2.16. The van der Waals surface area contributed by atoms with Gasteiger partial charge in [0.05, 0.1) is 6.10 Å². The van der Waals surface area contributed by atoms with E-state index in [1.165, 1.54) is 12.8 Å². The van der Waals surface area contributed by atoms with Gasteiger partial charge in [0.1, 0.15) is 0 Å². The first-order valence-corrected chi connectivity index (χ1v) is 7.41. The van der Waals surface area contributed by atoms with E-state index in [0.29, 0.717) is 11.6 Å². The lowest BCUT2D eigenvalue weighted by Crippen LogP contribution is -2.34. The second-order valence-corrected chi connectivity index (χ2v) is 5.96. The largest absolute Gasteiger partial charge is 0.390 e. The van der Waals surface area contributed by atoms with Crippen molar-refractivity contribution in [2.75, 3.05) is 31.5 Å². The monoisotopic (exact) mass is 332 g/mol. The standard InChI is InChI=1S/C13H18BrClN2O/c14-12-7-10(15)3-4-13(12)16-8-11(18)9-17-5-1-2-6-17/h3-4,7,11,16,18H,1-2,5-6,8-9H2. The number of hydrogen-bond donors (Lipinski definition) is 2. The van der Waals surface area contributed by atoms with E-state index in [1.54, 1.807) is 0 Å². The highest BCUT2D eigenvalue weighted by Crippen LogP contribution is 2.25. The number of rotatable bonds is 5. The van der Waals surface area contributed by atoms with Crippen molar-refractivity contribution in [3.05, 3.63) is 27.7 Å². The molecule has 0 radical (unpaired) electrons. The van der Waals surface area contributed by atoms with Crippen LogP contribution in [0.15, 0.2) is 22.7 Å². The van der Waals surface area contributed by atoms with Gasteiger partial charge in [0, 0.05) is 28.3 Å². The van der Waals surface area contributed by atoms with Crippen LogP contribution in [0.2, 0.25) is 5.02 Å². The molecule has 1 aromatic rings. The summed E-state index contributed by atoms with van der Waals surface area (Å²) in [5.41, 5.74) is 0.958. The summed E-state index contributed by atoms with van der Waals surface area (Å²) in [4.78, 5) is 2.31. The SMILES string of the molecule is OC(CNc1ccc(Cl)cc1Br)CN1CCCC1. The average molecular weight is 334 g/mol. The second-order valence-electron chi connectivity index (χ2n) is 4.67. The zero-order valence-electron chi connectivity index (χ0n) is 10.2. The number of aliphatic hydroxyl groups is 1. The summed E-state index contributed by atoms with van der Waals surface area (Å²) in [5.74, 6) is 0. The molecule has 2 N–H and O–H groups in total. The highest BCUT2D eigenvalue weighted by Gasteiger charge is 2.15. The molecule has 1 atom stereocenters. The first kappa shape index (κ1) is 14.1. The molecule has 1 aliphatic rings. The van der Waals surface area contributed by atoms with Crippen molar-refractivity contribution in [3.63, 3.8) is 0 Å². The molecule has 1 fully saturated rings. The summed E-state index contributed by atoms with van der Waals surface area (Å²) in [5, 5.41) is 13.9. The maximum Gasteiger partial charge on any atom is 0.0839 e. The third-order valence-electron chi connectivity index (χ3n) is 3.13. The van der Waals surface area contributed by atoms with Crippen LogP contribution in [0.1, 0.15) is 12.8 Å². The minimum absolute atomic E-state index is 0.342. The van der Waals surface area contributed by atoms with E-state index in [4.69, 9.17) is 11.6 Å². The van der Waals surface area contributed by atoms with Crippen LogP contribution >= 0.6 is 27.5 Å². The quantitative estimate of drug-likeness (QED) is 0.869. The Bertz CT molecular complexity index is 397. The molecule has 1 aliphatic heterocycles. The van der Waals surface area contributed by atoms with Gasteiger partial charge in [-0.2, -0.15) is 0 Å². The van der Waals surface area contributed by atoms with Crippen molar-refractivity contribution in [1.29, 1.82) is 0 Å². The molecular weight excluding hydrogens is 316 g/mol. The summed E-state index contributed by atoms with van der Waals surface area (Å²) < 4.78 is 0.920. The Morgan fingerprint density at radius 3 is 2.78 bits per heavy atom. The van der Waals surface area contributed by atoms with Crippen molar-refractivity contribution in [2.45, 2.75) is 18.9 Å². The molecule has 18 heavy (non-hydrogen) atoms. The Balaban J connectivity index is 1.79. The van der Waals surface area contributed by atoms with Crippen LogP contribution in [-0.2, 0) is 0 Å². The van der Waals surface area contributed by atoms with E-state index >= 15 is 0 Å². The van der Waals surface area contributed by atoms with Gasteiger partial charge in [-0.3, -0.25) is 0 Å². The van der Waals surface area contributed by atoms with Gasteiger partial charge in [-0.05, 0) is 60.1 Å². The molecule has 5 heteroatoms. The van der Waals surface area contributed by atoms with Gasteiger partial charge < -0.3 is 15.3 Å². The number of hydrogen-bond acceptors (Lipinski definition) is 3. The molecule has 1 heterocycles. The fourth-order valence-corrected chi connectivity index (χ4v) is 3.01. The molecule has 0 aliphatic carbocycles. The molecule has 2 rings (SSSR count). The average Bonchev–Trinajstić information content (AvgIpc) is 2.80. The topological polar surface area (TPSA) is 35.5 Å². The van der Waals surface area contributed by atoms with Gasteiger partial charge in [-0.1, -0.05) is 11.6 Å². The molecule has 0 amide bonds. The lowest BCUT2D eigenvalue weighted by atomic mass is 10.3. The third kappa shape index (κ3) is 4.12. The summed E-state index contributed by atoms with van der Waals surface area (Å²) in [7, 11) is 0. The van der Waals surface area contributed by atoms with E-state index in [-0.39, 0.29) is 6.10 Å². The molecule has 1 aromatic carbocycles. The summed E-state index contributed by atoms with van der Waals surface area (Å²) in [6.45, 7) is 3.53. The molecule has 0 saturated carbocycles. The Hall–Kier alpha value is -0.290. The van der Waals surface area contributed by atoms with E-state index < -0.39 is 0 Å². The number of nitrogens with one attached hydrogen (secondary N) is 1. The molecule has 100 valence electrons. The fraction of sp³-hybridized carbons (Fsp3) is 0.538. The Labute approximate surface area is 121 Å². The molecule has 0 spiro atoms. The van der Waals surface area contributed by atoms with Gasteiger partial charge in [0.25, 0.3) is 0 Å². The highest BCUT2D eigenvalue weighted by molar-refractivity contribution is 9.10. The van der Waals surface area contributed by atoms with Crippen LogP contribution in [0.25, 0.3) is 0 Å². The van der Waals surface area contributed by atoms with E-state index in [1.807, 2.05) is 18.2 Å². The Kier molecular flexibility index (Phi) is 5.30. The molecule has 1 saturated heterocycles. The second kappa shape index (κ2) is 6.75. The molecule has 0 bridgehead atoms. The van der Waals surface area contributed by atoms with Gasteiger partial charge in [0.2, 0.25) is 0 Å². The first-order valence-electron chi connectivity index (χ1n) is 6.24. The zero-order chi connectivity index (χ0) is 13.0. The maximum atomic E-state index is 9.97. The lowest BCUT2D eigenvalue weighted by molar-refractivity contribution is 0.135. The predicted molar refractivity (Wildman–Crippen MR) is 79.3 cm³/mol. The van der Waals surface area contributed by atoms with Crippen LogP contribution < -0.4 is 5.32 Å². The van der Waals surface area contributed by atoms with Crippen LogP contribution in [-0.4, -0.2) is 42.3 Å². The fourth-order valence-electron chi connectivity index (χ4n) is 2.19. The summed E-state index contributed by atoms with van der Waals surface area (Å²) in [6, 6.07) is 5.59. The van der Waals surface area contributed by atoms with Crippen LogP contribution in [0.3, 0.4) is 0 Å². The number of nitrogens with zero attached hydrogens (tertiary/aromatic N) is 1. The van der Waals surface area contributed by atoms with Gasteiger partial charge >= 0.3 is 0 Å². The number of anilines is 1. The van der Waals surface area contributed by atoms with Gasteiger partial charge in [-0.15, -0.1) is 0 Å².